The standard InChI is InChI=1S/C6H4FIO/c7-6-4(8)2-1-3-5(6)9/h1-2H,3H2. The number of carbonyl (C=O) groups excluding carboxylic acids is 1. The molecule has 3 heteroatoms. The Balaban J connectivity index is 2.97. The molecule has 0 saturated carbocycles. The molecule has 0 amide bonds. The molecule has 0 aromatic carbocycles. The minimum atomic E-state index is -0.599. The first-order chi connectivity index (χ1) is 4.22. The van der Waals surface area contributed by atoms with Gasteiger partial charge in [-0.2, -0.15) is 0 Å². The Labute approximate surface area is 65.8 Å². The normalized spacial score (nSPS) is 19.1. The second kappa shape index (κ2) is 2.60. The van der Waals surface area contributed by atoms with Crippen LogP contribution in [0.4, 0.5) is 4.39 Å². The van der Waals surface area contributed by atoms with Gasteiger partial charge in [0.15, 0.2) is 11.6 Å². The number of ketones is 1. The maximum Gasteiger partial charge on any atom is 0.196 e. The van der Waals surface area contributed by atoms with E-state index in [0.29, 0.717) is 3.58 Å². The molecule has 48 valence electrons. The molecule has 0 N–H and O–H groups in total. The number of allylic oxidation sites excluding steroid dienone is 4. The van der Waals surface area contributed by atoms with Crippen LogP contribution in [0, 0.1) is 0 Å². The monoisotopic (exact) mass is 238 g/mol. The summed E-state index contributed by atoms with van der Waals surface area (Å²) in [5.74, 6) is -1.01. The van der Waals surface area contributed by atoms with E-state index < -0.39 is 11.6 Å². The highest BCUT2D eigenvalue weighted by molar-refractivity contribution is 14.1. The van der Waals surface area contributed by atoms with Crippen molar-refractivity contribution in [2.75, 3.05) is 0 Å². The number of Topliss-reactive ketones (excluding diaryl/α,β-unsaturated/α-hetero) is 1. The van der Waals surface area contributed by atoms with E-state index in [0.717, 1.165) is 0 Å². The number of carbonyl (C=O) groups is 1. The highest BCUT2D eigenvalue weighted by Gasteiger charge is 2.13. The van der Waals surface area contributed by atoms with E-state index in [-0.39, 0.29) is 6.42 Å². The van der Waals surface area contributed by atoms with Crippen LogP contribution >= 0.6 is 22.6 Å². The van der Waals surface area contributed by atoms with Crippen molar-refractivity contribution < 1.29 is 9.18 Å². The van der Waals surface area contributed by atoms with E-state index in [4.69, 9.17) is 0 Å². The summed E-state index contributed by atoms with van der Waals surface area (Å²) < 4.78 is 12.8. The van der Waals surface area contributed by atoms with Gasteiger partial charge in [0.05, 0.1) is 3.58 Å². The summed E-state index contributed by atoms with van der Waals surface area (Å²) in [5.41, 5.74) is 0. The van der Waals surface area contributed by atoms with E-state index in [1.54, 1.807) is 34.7 Å². The number of halogens is 2. The van der Waals surface area contributed by atoms with Crippen molar-refractivity contribution in [2.24, 2.45) is 0 Å². The summed E-state index contributed by atoms with van der Waals surface area (Å²) in [4.78, 5) is 10.5. The van der Waals surface area contributed by atoms with Crippen LogP contribution in [0.5, 0.6) is 0 Å². The minimum Gasteiger partial charge on any atom is -0.291 e. The molecule has 1 aliphatic carbocycles. The lowest BCUT2D eigenvalue weighted by molar-refractivity contribution is -0.116. The van der Waals surface area contributed by atoms with Gasteiger partial charge >= 0.3 is 0 Å². The zero-order valence-corrected chi connectivity index (χ0v) is 6.68. The molecule has 0 atom stereocenters. The maximum atomic E-state index is 12.4. The van der Waals surface area contributed by atoms with Crippen LogP contribution in [-0.2, 0) is 4.79 Å². The van der Waals surface area contributed by atoms with E-state index in [1.807, 2.05) is 0 Å². The molecule has 0 bridgehead atoms. The molecule has 0 spiro atoms. The van der Waals surface area contributed by atoms with Crippen molar-refractivity contribution in [2.45, 2.75) is 6.42 Å². The molecule has 0 aromatic rings. The Morgan fingerprint density at radius 2 is 2.33 bits per heavy atom. The van der Waals surface area contributed by atoms with Crippen molar-refractivity contribution >= 4 is 28.4 Å². The Morgan fingerprint density at radius 3 is 2.78 bits per heavy atom. The van der Waals surface area contributed by atoms with Crippen LogP contribution in [0.15, 0.2) is 21.6 Å². The predicted octanol–water partition coefficient (Wildman–Crippen LogP) is 2.13. The summed E-state index contributed by atoms with van der Waals surface area (Å²) in [5, 5.41) is 0. The Kier molecular flexibility index (Phi) is 2.00. The third kappa shape index (κ3) is 1.38. The first-order valence-electron chi connectivity index (χ1n) is 2.47. The summed E-state index contributed by atoms with van der Waals surface area (Å²) in [6.07, 6.45) is 3.48. The van der Waals surface area contributed by atoms with Crippen LogP contribution in [0.3, 0.4) is 0 Å². The van der Waals surface area contributed by atoms with Crippen molar-refractivity contribution in [1.29, 1.82) is 0 Å². The van der Waals surface area contributed by atoms with E-state index >= 15 is 0 Å². The van der Waals surface area contributed by atoms with Gasteiger partial charge in [-0.05, 0) is 28.7 Å². The summed E-state index contributed by atoms with van der Waals surface area (Å²) in [6.45, 7) is 0. The number of hydrogen-bond acceptors (Lipinski definition) is 1. The minimum absolute atomic E-state index is 0.207. The van der Waals surface area contributed by atoms with E-state index in [1.165, 1.54) is 0 Å². The molecule has 0 radical (unpaired) electrons. The van der Waals surface area contributed by atoms with E-state index in [9.17, 15) is 9.18 Å². The fraction of sp³-hybridized carbons (Fsp3) is 0.167. The lowest BCUT2D eigenvalue weighted by Gasteiger charge is -1.99. The lowest BCUT2D eigenvalue weighted by atomic mass is 10.1. The second-order valence-electron chi connectivity index (χ2n) is 1.69. The topological polar surface area (TPSA) is 17.1 Å². The van der Waals surface area contributed by atoms with Crippen molar-refractivity contribution in [3.63, 3.8) is 0 Å². The fourth-order valence-electron chi connectivity index (χ4n) is 0.565. The molecule has 9 heavy (non-hydrogen) atoms. The highest BCUT2D eigenvalue weighted by Crippen LogP contribution is 2.21. The van der Waals surface area contributed by atoms with Gasteiger partial charge in [-0.1, -0.05) is 6.08 Å². The molecule has 1 aliphatic rings. The highest BCUT2D eigenvalue weighted by atomic mass is 127. The Morgan fingerprint density at radius 1 is 1.67 bits per heavy atom. The molecule has 0 aliphatic heterocycles. The van der Waals surface area contributed by atoms with Crippen LogP contribution < -0.4 is 0 Å². The first-order valence-corrected chi connectivity index (χ1v) is 3.54. The second-order valence-corrected chi connectivity index (χ2v) is 2.85. The first kappa shape index (κ1) is 6.92. The molecular formula is C6H4FIO. The zero-order chi connectivity index (χ0) is 6.85. The number of hydrogen-bond donors (Lipinski definition) is 0. The quantitative estimate of drug-likeness (QED) is 0.591. The third-order valence-electron chi connectivity index (χ3n) is 1.02. The van der Waals surface area contributed by atoms with Crippen molar-refractivity contribution in [3.05, 3.63) is 21.6 Å². The maximum absolute atomic E-state index is 12.4. The van der Waals surface area contributed by atoms with Crippen molar-refractivity contribution in [3.8, 4) is 0 Å². The van der Waals surface area contributed by atoms with Crippen LogP contribution in [-0.4, -0.2) is 5.78 Å². The molecule has 0 fully saturated rings. The van der Waals surface area contributed by atoms with Crippen LogP contribution in [0.25, 0.3) is 0 Å². The van der Waals surface area contributed by atoms with Gasteiger partial charge in [-0.25, -0.2) is 4.39 Å². The largest absolute Gasteiger partial charge is 0.291 e. The van der Waals surface area contributed by atoms with Gasteiger partial charge in [0.2, 0.25) is 0 Å². The van der Waals surface area contributed by atoms with Gasteiger partial charge in [-0.3, -0.25) is 4.79 Å². The fourth-order valence-corrected chi connectivity index (χ4v) is 1.12. The SMILES string of the molecule is O=C1CC=CC(I)=C1F. The van der Waals surface area contributed by atoms with Gasteiger partial charge in [0.1, 0.15) is 0 Å². The number of rotatable bonds is 0. The average molecular weight is 238 g/mol. The Hall–Kier alpha value is -0.190. The molecule has 0 aromatic heterocycles. The third-order valence-corrected chi connectivity index (χ3v) is 1.86. The van der Waals surface area contributed by atoms with Gasteiger partial charge < -0.3 is 0 Å². The van der Waals surface area contributed by atoms with Crippen molar-refractivity contribution in [1.82, 2.24) is 0 Å². The smallest absolute Gasteiger partial charge is 0.196 e. The molecule has 0 saturated heterocycles. The molecule has 1 rings (SSSR count). The zero-order valence-electron chi connectivity index (χ0n) is 4.53. The molecule has 0 heterocycles. The van der Waals surface area contributed by atoms with Crippen LogP contribution in [0.2, 0.25) is 0 Å². The molecule has 0 unspecified atom stereocenters. The summed E-state index contributed by atoms with van der Waals surface area (Å²) >= 11 is 1.79. The molecular weight excluding hydrogens is 234 g/mol. The van der Waals surface area contributed by atoms with Gasteiger partial charge in [-0.15, -0.1) is 0 Å². The van der Waals surface area contributed by atoms with E-state index in [2.05, 4.69) is 0 Å². The predicted molar refractivity (Wildman–Crippen MR) is 40.9 cm³/mol. The van der Waals surface area contributed by atoms with Gasteiger partial charge in [0.25, 0.3) is 0 Å². The average Bonchev–Trinajstić information content (AvgIpc) is 1.83. The van der Waals surface area contributed by atoms with Gasteiger partial charge in [0, 0.05) is 6.42 Å². The molecule has 1 nitrogen and oxygen atoms in total. The lowest BCUT2D eigenvalue weighted by Crippen LogP contribution is -2.00. The Bertz CT molecular complexity index is 205. The van der Waals surface area contributed by atoms with Crippen LogP contribution in [0.1, 0.15) is 6.42 Å². The summed E-state index contributed by atoms with van der Waals surface area (Å²) in [7, 11) is 0. The summed E-state index contributed by atoms with van der Waals surface area (Å²) in [6, 6.07) is 0.